The van der Waals surface area contributed by atoms with Crippen LogP contribution < -0.4 is 0 Å². The van der Waals surface area contributed by atoms with Crippen LogP contribution in [0.3, 0.4) is 0 Å². The van der Waals surface area contributed by atoms with E-state index in [2.05, 4.69) is 19.7 Å². The van der Waals surface area contributed by atoms with Crippen molar-refractivity contribution in [3.63, 3.8) is 0 Å². The van der Waals surface area contributed by atoms with Gasteiger partial charge in [0.15, 0.2) is 0 Å². The smallest absolute Gasteiger partial charge is 0.412 e. The first kappa shape index (κ1) is 35.4. The first-order valence-corrected chi connectivity index (χ1v) is 18.4. The fourth-order valence-corrected chi connectivity index (χ4v) is 9.87. The lowest BCUT2D eigenvalue weighted by Crippen LogP contribution is -2.05. The molecule has 0 fully saturated rings. The van der Waals surface area contributed by atoms with Crippen LogP contribution >= 0.6 is 31.3 Å². The molecule has 0 radical (unpaired) electrons. The zero-order valence-electron chi connectivity index (χ0n) is 23.2. The minimum atomic E-state index is -5.72. The van der Waals surface area contributed by atoms with E-state index in [1.807, 2.05) is 0 Å². The summed E-state index contributed by atoms with van der Waals surface area (Å²) in [5, 5.41) is 0. The summed E-state index contributed by atoms with van der Waals surface area (Å²) in [4.78, 5) is 0. The normalized spacial score (nSPS) is 16.5. The predicted molar refractivity (Wildman–Crippen MR) is 161 cm³/mol. The van der Waals surface area contributed by atoms with Crippen molar-refractivity contribution in [3.8, 4) is 0 Å². The van der Waals surface area contributed by atoms with Crippen molar-refractivity contribution in [1.82, 2.24) is 0 Å². The zero-order valence-corrected chi connectivity index (χ0v) is 26.8. The van der Waals surface area contributed by atoms with Gasteiger partial charge in [-0.05, 0) is 16.7 Å². The summed E-state index contributed by atoms with van der Waals surface area (Å²) < 4.78 is 101. The quantitative estimate of drug-likeness (QED) is 0.0773. The summed E-state index contributed by atoms with van der Waals surface area (Å²) in [6.45, 7) is 8.71. The Morgan fingerprint density at radius 1 is 0.432 bits per heavy atom. The molecule has 44 heavy (non-hydrogen) atoms. The van der Waals surface area contributed by atoms with Crippen molar-refractivity contribution in [2.45, 2.75) is 19.8 Å². The average Bonchev–Trinajstić information content (AvgIpc) is 3.00. The lowest BCUT2D eigenvalue weighted by molar-refractivity contribution is 0.131. The molecule has 0 saturated carbocycles. The van der Waals surface area contributed by atoms with Gasteiger partial charge in [-0.1, -0.05) is 111 Å². The fourth-order valence-electron chi connectivity index (χ4n) is 3.09. The number of phosphoric acid groups is 4. The van der Waals surface area contributed by atoms with Crippen molar-refractivity contribution in [2.75, 3.05) is 0 Å². The Labute approximate surface area is 255 Å². The fraction of sp³-hybridized carbons (Fsp3) is 0.111. The molecule has 3 aromatic carbocycles. The minimum absolute atomic E-state index is 0.400. The molecule has 0 bridgehead atoms. The van der Waals surface area contributed by atoms with Crippen molar-refractivity contribution in [3.05, 3.63) is 146 Å². The van der Waals surface area contributed by atoms with Crippen LogP contribution in [0.1, 0.15) is 16.7 Å². The van der Waals surface area contributed by atoms with Crippen LogP contribution in [0, 0.1) is 0 Å². The number of hydrogen-bond donors (Lipinski definition) is 0. The van der Waals surface area contributed by atoms with Gasteiger partial charge in [-0.25, -0.2) is 18.3 Å². The highest BCUT2D eigenvalue weighted by molar-refractivity contribution is 7.72. The van der Waals surface area contributed by atoms with Gasteiger partial charge in [0.25, 0.3) is 0 Å². The molecule has 0 saturated heterocycles. The molecule has 0 amide bonds. The van der Waals surface area contributed by atoms with E-state index < -0.39 is 51.1 Å². The van der Waals surface area contributed by atoms with Gasteiger partial charge in [-0.3, -0.25) is 13.6 Å². The van der Waals surface area contributed by atoms with E-state index in [-0.39, 0.29) is 0 Å². The molecule has 3 aromatic rings. The molecule has 13 nitrogen and oxygen atoms in total. The van der Waals surface area contributed by atoms with E-state index in [4.69, 9.17) is 40.1 Å². The van der Waals surface area contributed by atoms with Crippen molar-refractivity contribution < 1.29 is 58.3 Å². The summed E-state index contributed by atoms with van der Waals surface area (Å²) >= 11 is 0. The van der Waals surface area contributed by atoms with E-state index in [0.29, 0.717) is 35.5 Å². The maximum atomic E-state index is 14.2. The van der Waals surface area contributed by atoms with Gasteiger partial charge in [0.2, 0.25) is 0 Å². The Kier molecular flexibility index (Phi) is 13.6. The van der Waals surface area contributed by atoms with Crippen LogP contribution in [0.2, 0.25) is 0 Å². The highest BCUT2D eigenvalue weighted by Crippen LogP contribution is 2.78. The first-order valence-electron chi connectivity index (χ1n) is 12.5. The predicted octanol–water partition coefficient (Wildman–Crippen LogP) is 9.60. The Morgan fingerprint density at radius 2 is 0.682 bits per heavy atom. The van der Waals surface area contributed by atoms with Crippen molar-refractivity contribution >= 4 is 31.3 Å². The third-order valence-electron chi connectivity index (χ3n) is 4.91. The molecule has 3 atom stereocenters. The highest BCUT2D eigenvalue weighted by Gasteiger charge is 2.53. The zero-order chi connectivity index (χ0) is 31.9. The molecular formula is C27H30O13P4. The molecule has 0 heterocycles. The maximum Gasteiger partial charge on any atom is 0.538 e. The summed E-state index contributed by atoms with van der Waals surface area (Å²) in [5.74, 6) is 0. The molecule has 0 N–H and O–H groups in total. The molecule has 0 aliphatic heterocycles. The third kappa shape index (κ3) is 11.8. The van der Waals surface area contributed by atoms with E-state index >= 15 is 0 Å². The number of phosphoric ester groups is 3. The van der Waals surface area contributed by atoms with Gasteiger partial charge in [0.1, 0.15) is 0 Å². The molecule has 3 unspecified atom stereocenters. The highest BCUT2D eigenvalue weighted by atomic mass is 31.3. The number of benzene rings is 3. The number of hydrogen-bond acceptors (Lipinski definition) is 13. The average molecular weight is 686 g/mol. The maximum absolute atomic E-state index is 14.2. The second kappa shape index (κ2) is 16.9. The van der Waals surface area contributed by atoms with Crippen LogP contribution in [0.5, 0.6) is 0 Å². The number of rotatable bonds is 21. The SMILES string of the molecule is C=COP(=O)(OCc1ccccc1)OP(=O)(OP(=O)(OC=C)OCc1ccccc1)OP(=O)(OC=C)OCc1ccccc1. The standard InChI is InChI=1S/C27H30O13P4/c1-4-32-41(28,35-22-25-16-10-7-11-17-25)38-44(31,39-42(29,33-5-2)36-23-26-18-12-8-13-19-26)40-43(30,34-6-3)37-24-27-20-14-9-15-21-27/h4-21H,1-3,22-24H2. The van der Waals surface area contributed by atoms with Crippen LogP contribution in [-0.4, -0.2) is 0 Å². The molecule has 17 heteroatoms. The van der Waals surface area contributed by atoms with Gasteiger partial charge in [0, 0.05) is 0 Å². The lowest BCUT2D eigenvalue weighted by Gasteiger charge is -2.26. The van der Waals surface area contributed by atoms with Crippen LogP contribution in [0.4, 0.5) is 0 Å². The van der Waals surface area contributed by atoms with Gasteiger partial charge >= 0.3 is 31.3 Å². The Morgan fingerprint density at radius 3 is 0.909 bits per heavy atom. The Hall–Kier alpha value is -3.04. The van der Waals surface area contributed by atoms with Crippen LogP contribution in [-0.2, 0) is 78.2 Å². The third-order valence-corrected chi connectivity index (χ3v) is 12.3. The first-order chi connectivity index (χ1) is 21.0. The van der Waals surface area contributed by atoms with Gasteiger partial charge in [0.05, 0.1) is 38.6 Å². The summed E-state index contributed by atoms with van der Waals surface area (Å²) in [7, 11) is -20.8. The molecule has 236 valence electrons. The molecular weight excluding hydrogens is 656 g/mol. The van der Waals surface area contributed by atoms with Crippen LogP contribution in [0.25, 0.3) is 0 Å². The van der Waals surface area contributed by atoms with E-state index in [1.54, 1.807) is 91.0 Å². The molecule has 0 spiro atoms. The lowest BCUT2D eigenvalue weighted by atomic mass is 10.2. The Bertz CT molecular complexity index is 1370. The summed E-state index contributed by atoms with van der Waals surface area (Å²) in [6.07, 6.45) is 1.98. The molecule has 0 aromatic heterocycles. The molecule has 0 aliphatic carbocycles. The molecule has 0 aliphatic rings. The van der Waals surface area contributed by atoms with Crippen molar-refractivity contribution in [1.29, 1.82) is 0 Å². The Balaban J connectivity index is 1.97. The van der Waals surface area contributed by atoms with Gasteiger partial charge in [-0.2, -0.15) is 12.9 Å². The summed E-state index contributed by atoms with van der Waals surface area (Å²) in [6, 6.07) is 25.0. The van der Waals surface area contributed by atoms with Crippen LogP contribution in [0.15, 0.2) is 130 Å². The van der Waals surface area contributed by atoms with E-state index in [9.17, 15) is 18.3 Å². The minimum Gasteiger partial charge on any atom is -0.412 e. The molecule has 3 rings (SSSR count). The largest absolute Gasteiger partial charge is 0.538 e. The monoisotopic (exact) mass is 686 g/mol. The summed E-state index contributed by atoms with van der Waals surface area (Å²) in [5.41, 5.74) is 1.50. The second-order valence-corrected chi connectivity index (χ2v) is 15.1. The van der Waals surface area contributed by atoms with Gasteiger partial charge < -0.3 is 13.6 Å². The van der Waals surface area contributed by atoms with E-state index in [0.717, 1.165) is 0 Å². The van der Waals surface area contributed by atoms with Gasteiger partial charge in [-0.15, -0.1) is 0 Å². The van der Waals surface area contributed by atoms with Crippen molar-refractivity contribution in [2.24, 2.45) is 0 Å². The van der Waals surface area contributed by atoms with E-state index in [1.165, 1.54) is 0 Å². The topological polar surface area (TPSA) is 151 Å². The second-order valence-electron chi connectivity index (χ2n) is 8.13.